The van der Waals surface area contributed by atoms with E-state index in [1.807, 2.05) is 36.6 Å². The molecule has 3 aromatic rings. The second-order valence-electron chi connectivity index (χ2n) is 5.14. The zero-order chi connectivity index (χ0) is 16.1. The molecule has 0 bridgehead atoms. The van der Waals surface area contributed by atoms with E-state index in [1.165, 1.54) is 11.3 Å². The molecule has 1 N–H and O–H groups in total. The minimum atomic E-state index is -0.0763. The molecule has 0 saturated carbocycles. The molecule has 0 fully saturated rings. The maximum atomic E-state index is 12.2. The van der Waals surface area contributed by atoms with Crippen LogP contribution in [0.3, 0.4) is 0 Å². The summed E-state index contributed by atoms with van der Waals surface area (Å²) < 4.78 is 0. The van der Waals surface area contributed by atoms with Crippen LogP contribution < -0.4 is 5.32 Å². The second-order valence-corrected chi connectivity index (χ2v) is 6.00. The lowest BCUT2D eigenvalue weighted by Gasteiger charge is -2.13. The quantitative estimate of drug-likeness (QED) is 0.783. The highest BCUT2D eigenvalue weighted by Gasteiger charge is 2.12. The van der Waals surface area contributed by atoms with E-state index in [2.05, 4.69) is 20.3 Å². The Bertz CT molecular complexity index is 774. The largest absolute Gasteiger partial charge is 0.349 e. The summed E-state index contributed by atoms with van der Waals surface area (Å²) in [6, 6.07) is 7.56. The number of aromatic nitrogens is 3. The third-order valence-electron chi connectivity index (χ3n) is 3.36. The van der Waals surface area contributed by atoms with Crippen molar-refractivity contribution in [3.63, 3.8) is 0 Å². The van der Waals surface area contributed by atoms with Crippen LogP contribution in [0.15, 0.2) is 54.4 Å². The van der Waals surface area contributed by atoms with E-state index < -0.39 is 0 Å². The Balaban J connectivity index is 1.61. The van der Waals surface area contributed by atoms with Crippen LogP contribution in [0.1, 0.15) is 24.2 Å². The summed E-state index contributed by atoms with van der Waals surface area (Å²) in [6.07, 6.45) is 7.24. The number of hydrogen-bond donors (Lipinski definition) is 1. The van der Waals surface area contributed by atoms with Crippen LogP contribution in [0.2, 0.25) is 0 Å². The molecule has 23 heavy (non-hydrogen) atoms. The average molecular weight is 324 g/mol. The van der Waals surface area contributed by atoms with Crippen LogP contribution in [0, 0.1) is 0 Å². The summed E-state index contributed by atoms with van der Waals surface area (Å²) >= 11 is 1.52. The lowest BCUT2D eigenvalue weighted by atomic mass is 10.1. The van der Waals surface area contributed by atoms with E-state index in [0.29, 0.717) is 0 Å². The van der Waals surface area contributed by atoms with Gasteiger partial charge in [0, 0.05) is 35.7 Å². The van der Waals surface area contributed by atoms with E-state index in [0.717, 1.165) is 21.8 Å². The predicted octanol–water partition coefficient (Wildman–Crippen LogP) is 3.02. The number of pyridine rings is 2. The second kappa shape index (κ2) is 7.11. The van der Waals surface area contributed by atoms with Crippen molar-refractivity contribution in [2.45, 2.75) is 19.4 Å². The van der Waals surface area contributed by atoms with Crippen molar-refractivity contribution in [3.05, 3.63) is 65.7 Å². The van der Waals surface area contributed by atoms with Crippen molar-refractivity contribution < 1.29 is 4.79 Å². The van der Waals surface area contributed by atoms with Gasteiger partial charge < -0.3 is 5.32 Å². The normalized spacial score (nSPS) is 11.9. The molecule has 3 heterocycles. The number of nitrogens with one attached hydrogen (secondary N) is 1. The Hall–Kier alpha value is -2.60. The number of carbonyl (C=O) groups excluding carboxylic acids is 1. The van der Waals surface area contributed by atoms with Crippen molar-refractivity contribution >= 4 is 17.2 Å². The first-order valence-corrected chi connectivity index (χ1v) is 8.14. The van der Waals surface area contributed by atoms with Gasteiger partial charge >= 0.3 is 0 Å². The first-order chi connectivity index (χ1) is 11.2. The molecule has 0 spiro atoms. The van der Waals surface area contributed by atoms with Crippen LogP contribution in [0.5, 0.6) is 0 Å². The number of rotatable bonds is 5. The number of amides is 1. The summed E-state index contributed by atoms with van der Waals surface area (Å²) in [6.45, 7) is 1.94. The lowest BCUT2D eigenvalue weighted by Crippen LogP contribution is -2.28. The number of nitrogens with zero attached hydrogens (tertiary/aromatic N) is 3. The Morgan fingerprint density at radius 3 is 2.70 bits per heavy atom. The summed E-state index contributed by atoms with van der Waals surface area (Å²) in [5.74, 6) is -0.0515. The van der Waals surface area contributed by atoms with Gasteiger partial charge in [0.1, 0.15) is 5.01 Å². The molecule has 5 nitrogen and oxygen atoms in total. The molecular formula is C17H16N4OS. The van der Waals surface area contributed by atoms with Crippen LogP contribution in [-0.4, -0.2) is 20.9 Å². The molecule has 6 heteroatoms. The molecule has 3 aromatic heterocycles. The number of hydrogen-bond acceptors (Lipinski definition) is 5. The molecule has 1 amide bonds. The van der Waals surface area contributed by atoms with E-state index in [1.54, 1.807) is 24.8 Å². The maximum absolute atomic E-state index is 12.2. The molecule has 0 aromatic carbocycles. The van der Waals surface area contributed by atoms with Gasteiger partial charge in [0.05, 0.1) is 18.2 Å². The van der Waals surface area contributed by atoms with E-state index in [9.17, 15) is 4.79 Å². The molecular weight excluding hydrogens is 308 g/mol. The number of thiazole rings is 1. The van der Waals surface area contributed by atoms with Gasteiger partial charge in [0.25, 0.3) is 0 Å². The molecule has 3 rings (SSSR count). The highest BCUT2D eigenvalue weighted by atomic mass is 32.1. The summed E-state index contributed by atoms with van der Waals surface area (Å²) in [4.78, 5) is 24.8. The monoisotopic (exact) mass is 324 g/mol. The third kappa shape index (κ3) is 3.98. The van der Waals surface area contributed by atoms with Gasteiger partial charge in [-0.1, -0.05) is 6.07 Å². The minimum absolute atomic E-state index is 0.0515. The highest BCUT2D eigenvalue weighted by Crippen LogP contribution is 2.22. The zero-order valence-electron chi connectivity index (χ0n) is 12.6. The fraction of sp³-hybridized carbons (Fsp3) is 0.176. The van der Waals surface area contributed by atoms with E-state index in [4.69, 9.17) is 0 Å². The molecule has 116 valence electrons. The topological polar surface area (TPSA) is 67.8 Å². The molecule has 0 saturated heterocycles. The van der Waals surface area contributed by atoms with Crippen molar-refractivity contribution in [1.29, 1.82) is 0 Å². The van der Waals surface area contributed by atoms with Crippen molar-refractivity contribution in [3.8, 4) is 10.6 Å². The summed E-state index contributed by atoms with van der Waals surface area (Å²) in [5, 5.41) is 5.76. The lowest BCUT2D eigenvalue weighted by molar-refractivity contribution is -0.121. The first-order valence-electron chi connectivity index (χ1n) is 7.26. The minimum Gasteiger partial charge on any atom is -0.349 e. The van der Waals surface area contributed by atoms with Gasteiger partial charge in [-0.05, 0) is 30.7 Å². The SMILES string of the molecule is CC(NC(=O)Cc1csc(-c2cccnc2)n1)c1cccnc1. The molecule has 0 aliphatic carbocycles. The molecule has 0 radical (unpaired) electrons. The average Bonchev–Trinajstić information content (AvgIpc) is 3.04. The van der Waals surface area contributed by atoms with Crippen molar-refractivity contribution in [2.24, 2.45) is 0 Å². The maximum Gasteiger partial charge on any atom is 0.226 e. The fourth-order valence-corrected chi connectivity index (χ4v) is 2.99. The summed E-state index contributed by atoms with van der Waals surface area (Å²) in [5.41, 5.74) is 2.72. The van der Waals surface area contributed by atoms with Crippen molar-refractivity contribution in [1.82, 2.24) is 20.3 Å². The van der Waals surface area contributed by atoms with E-state index in [-0.39, 0.29) is 18.4 Å². The third-order valence-corrected chi connectivity index (χ3v) is 4.30. The number of carbonyl (C=O) groups is 1. The van der Waals surface area contributed by atoms with Gasteiger partial charge in [-0.2, -0.15) is 0 Å². The van der Waals surface area contributed by atoms with Crippen LogP contribution >= 0.6 is 11.3 Å². The first kappa shape index (κ1) is 15.3. The van der Waals surface area contributed by atoms with Crippen LogP contribution in [0.4, 0.5) is 0 Å². The van der Waals surface area contributed by atoms with Crippen LogP contribution in [0.25, 0.3) is 10.6 Å². The zero-order valence-corrected chi connectivity index (χ0v) is 13.5. The van der Waals surface area contributed by atoms with Gasteiger partial charge in [-0.3, -0.25) is 14.8 Å². The molecule has 1 unspecified atom stereocenters. The molecule has 1 atom stereocenters. The predicted molar refractivity (Wildman–Crippen MR) is 89.8 cm³/mol. The van der Waals surface area contributed by atoms with Gasteiger partial charge in [-0.15, -0.1) is 11.3 Å². The molecule has 0 aliphatic heterocycles. The Morgan fingerprint density at radius 1 is 1.22 bits per heavy atom. The van der Waals surface area contributed by atoms with Gasteiger partial charge in [-0.25, -0.2) is 4.98 Å². The molecule has 0 aliphatic rings. The Morgan fingerprint density at radius 2 is 2.00 bits per heavy atom. The highest BCUT2D eigenvalue weighted by molar-refractivity contribution is 7.13. The van der Waals surface area contributed by atoms with Gasteiger partial charge in [0.2, 0.25) is 5.91 Å². The smallest absolute Gasteiger partial charge is 0.226 e. The Kier molecular flexibility index (Phi) is 4.73. The standard InChI is InChI=1S/C17H16N4OS/c1-12(13-4-2-6-18-9-13)20-16(22)8-15-11-23-17(21-15)14-5-3-7-19-10-14/h2-7,9-12H,8H2,1H3,(H,20,22). The van der Waals surface area contributed by atoms with E-state index >= 15 is 0 Å². The van der Waals surface area contributed by atoms with Crippen molar-refractivity contribution in [2.75, 3.05) is 0 Å². The Labute approximate surface area is 138 Å². The van der Waals surface area contributed by atoms with Gasteiger partial charge in [0.15, 0.2) is 0 Å². The van der Waals surface area contributed by atoms with Crippen LogP contribution in [-0.2, 0) is 11.2 Å². The fourth-order valence-electron chi connectivity index (χ4n) is 2.18. The summed E-state index contributed by atoms with van der Waals surface area (Å²) in [7, 11) is 0.